The minimum Gasteiger partial charge on any atom is -0.444 e. The van der Waals surface area contributed by atoms with Crippen LogP contribution < -0.4 is 5.32 Å². The summed E-state index contributed by atoms with van der Waals surface area (Å²) in [6.45, 7) is 1.95. The van der Waals surface area contributed by atoms with Crippen molar-refractivity contribution in [2.24, 2.45) is 0 Å². The summed E-state index contributed by atoms with van der Waals surface area (Å²) in [5, 5.41) is 2.60. The Balaban J connectivity index is 1.63. The maximum absolute atomic E-state index is 11.7. The molecule has 0 atom stereocenters. The number of carbonyl (C=O) groups excluding carboxylic acids is 1. The zero-order chi connectivity index (χ0) is 14.7. The number of nitrogens with zero attached hydrogens (tertiary/aromatic N) is 2. The number of carbonyl (C=O) groups is 1. The lowest BCUT2D eigenvalue weighted by atomic mass is 10.2. The first kappa shape index (κ1) is 13.1. The summed E-state index contributed by atoms with van der Waals surface area (Å²) < 4.78 is 10.5. The Labute approximate surface area is 120 Å². The highest BCUT2D eigenvalue weighted by Gasteiger charge is 2.08. The summed E-state index contributed by atoms with van der Waals surface area (Å²) in [7, 11) is 0. The SMILES string of the molecule is Cc1nc2ncc(NC(=O)OCc3ccccc3)cc2o1. The van der Waals surface area contributed by atoms with Gasteiger partial charge < -0.3 is 9.15 Å². The van der Waals surface area contributed by atoms with Gasteiger partial charge in [-0.25, -0.2) is 9.78 Å². The molecule has 21 heavy (non-hydrogen) atoms. The van der Waals surface area contributed by atoms with E-state index in [4.69, 9.17) is 9.15 Å². The van der Waals surface area contributed by atoms with Crippen molar-refractivity contribution in [2.45, 2.75) is 13.5 Å². The molecule has 0 spiro atoms. The van der Waals surface area contributed by atoms with E-state index in [1.54, 1.807) is 13.0 Å². The van der Waals surface area contributed by atoms with E-state index >= 15 is 0 Å². The number of fused-ring (bicyclic) bond motifs is 1. The van der Waals surface area contributed by atoms with Crippen LogP contribution in [0.15, 0.2) is 47.0 Å². The zero-order valence-corrected chi connectivity index (χ0v) is 11.4. The molecule has 1 aromatic carbocycles. The third-order valence-corrected chi connectivity index (χ3v) is 2.81. The topological polar surface area (TPSA) is 77.2 Å². The van der Waals surface area contributed by atoms with Gasteiger partial charge in [0.2, 0.25) is 0 Å². The van der Waals surface area contributed by atoms with E-state index in [2.05, 4.69) is 15.3 Å². The number of amides is 1. The summed E-state index contributed by atoms with van der Waals surface area (Å²) >= 11 is 0. The lowest BCUT2D eigenvalue weighted by molar-refractivity contribution is 0.155. The maximum atomic E-state index is 11.7. The van der Waals surface area contributed by atoms with Crippen molar-refractivity contribution in [1.29, 1.82) is 0 Å². The Morgan fingerprint density at radius 1 is 1.33 bits per heavy atom. The molecule has 106 valence electrons. The van der Waals surface area contributed by atoms with Gasteiger partial charge in [0, 0.05) is 13.0 Å². The fourth-order valence-corrected chi connectivity index (χ4v) is 1.87. The molecule has 6 heteroatoms. The molecule has 1 N–H and O–H groups in total. The largest absolute Gasteiger partial charge is 0.444 e. The van der Waals surface area contributed by atoms with Gasteiger partial charge in [-0.3, -0.25) is 5.32 Å². The van der Waals surface area contributed by atoms with E-state index in [1.807, 2.05) is 30.3 Å². The van der Waals surface area contributed by atoms with Gasteiger partial charge in [0.25, 0.3) is 0 Å². The number of oxazole rings is 1. The van der Waals surface area contributed by atoms with E-state index in [-0.39, 0.29) is 6.61 Å². The predicted octanol–water partition coefficient (Wildman–Crippen LogP) is 3.28. The smallest absolute Gasteiger partial charge is 0.412 e. The third kappa shape index (κ3) is 3.17. The second-order valence-corrected chi connectivity index (χ2v) is 4.47. The molecule has 0 fully saturated rings. The molecule has 3 aromatic rings. The number of hydrogen-bond donors (Lipinski definition) is 1. The third-order valence-electron chi connectivity index (χ3n) is 2.81. The molecule has 0 saturated heterocycles. The molecule has 2 heterocycles. The van der Waals surface area contributed by atoms with Crippen LogP contribution in [0.2, 0.25) is 0 Å². The first-order chi connectivity index (χ1) is 10.2. The van der Waals surface area contributed by atoms with Crippen molar-refractivity contribution >= 4 is 23.0 Å². The van der Waals surface area contributed by atoms with Crippen LogP contribution >= 0.6 is 0 Å². The second-order valence-electron chi connectivity index (χ2n) is 4.47. The second kappa shape index (κ2) is 5.62. The highest BCUT2D eigenvalue weighted by atomic mass is 16.5. The van der Waals surface area contributed by atoms with Gasteiger partial charge in [-0.15, -0.1) is 0 Å². The van der Waals surface area contributed by atoms with Crippen LogP contribution in [0.25, 0.3) is 11.2 Å². The Kier molecular flexibility index (Phi) is 3.51. The van der Waals surface area contributed by atoms with Crippen molar-refractivity contribution in [3.05, 3.63) is 54.0 Å². The van der Waals surface area contributed by atoms with Crippen LogP contribution in [0, 0.1) is 6.92 Å². The van der Waals surface area contributed by atoms with Gasteiger partial charge >= 0.3 is 6.09 Å². The van der Waals surface area contributed by atoms with Crippen LogP contribution in [0.4, 0.5) is 10.5 Å². The fraction of sp³-hybridized carbons (Fsp3) is 0.133. The van der Waals surface area contributed by atoms with Crippen LogP contribution in [-0.2, 0) is 11.3 Å². The number of ether oxygens (including phenoxy) is 1. The number of benzene rings is 1. The molecule has 0 radical (unpaired) electrons. The molecule has 0 aliphatic carbocycles. The maximum Gasteiger partial charge on any atom is 0.412 e. The molecule has 0 bridgehead atoms. The zero-order valence-electron chi connectivity index (χ0n) is 11.4. The van der Waals surface area contributed by atoms with Gasteiger partial charge in [0.05, 0.1) is 11.9 Å². The highest BCUT2D eigenvalue weighted by Crippen LogP contribution is 2.17. The van der Waals surface area contributed by atoms with Gasteiger partial charge in [-0.2, -0.15) is 4.98 Å². The molecule has 0 saturated carbocycles. The number of pyridine rings is 1. The molecule has 0 aliphatic rings. The van der Waals surface area contributed by atoms with Gasteiger partial charge in [0.15, 0.2) is 17.1 Å². The van der Waals surface area contributed by atoms with Crippen LogP contribution in [0.3, 0.4) is 0 Å². The fourth-order valence-electron chi connectivity index (χ4n) is 1.87. The molecule has 2 aromatic heterocycles. The molecule has 0 aliphatic heterocycles. The molecule has 3 rings (SSSR count). The summed E-state index contributed by atoms with van der Waals surface area (Å²) in [5.41, 5.74) is 2.45. The lowest BCUT2D eigenvalue weighted by Gasteiger charge is -2.06. The Morgan fingerprint density at radius 2 is 2.14 bits per heavy atom. The lowest BCUT2D eigenvalue weighted by Crippen LogP contribution is -2.13. The van der Waals surface area contributed by atoms with E-state index in [1.165, 1.54) is 6.20 Å². The van der Waals surface area contributed by atoms with Crippen LogP contribution in [0.5, 0.6) is 0 Å². The number of anilines is 1. The van der Waals surface area contributed by atoms with Crippen molar-refractivity contribution < 1.29 is 13.9 Å². The Morgan fingerprint density at radius 3 is 2.95 bits per heavy atom. The minimum absolute atomic E-state index is 0.212. The molecular formula is C15H13N3O3. The van der Waals surface area contributed by atoms with Crippen molar-refractivity contribution in [3.63, 3.8) is 0 Å². The molecule has 1 amide bonds. The normalized spacial score (nSPS) is 10.5. The Bertz CT molecular complexity index is 768. The average molecular weight is 283 g/mol. The number of hydrogen-bond acceptors (Lipinski definition) is 5. The van der Waals surface area contributed by atoms with Crippen molar-refractivity contribution in [3.8, 4) is 0 Å². The van der Waals surface area contributed by atoms with E-state index in [0.717, 1.165) is 5.56 Å². The van der Waals surface area contributed by atoms with Crippen LogP contribution in [0.1, 0.15) is 11.5 Å². The quantitative estimate of drug-likeness (QED) is 0.798. The van der Waals surface area contributed by atoms with Gasteiger partial charge in [-0.05, 0) is 5.56 Å². The predicted molar refractivity (Wildman–Crippen MR) is 76.8 cm³/mol. The van der Waals surface area contributed by atoms with Crippen LogP contribution in [-0.4, -0.2) is 16.1 Å². The van der Waals surface area contributed by atoms with Gasteiger partial charge in [-0.1, -0.05) is 30.3 Å². The monoisotopic (exact) mass is 283 g/mol. The standard InChI is InChI=1S/C15H13N3O3/c1-10-17-14-13(21-10)7-12(8-16-14)18-15(19)20-9-11-5-3-2-4-6-11/h2-8H,9H2,1H3,(H,18,19). The molecular weight excluding hydrogens is 270 g/mol. The molecule has 6 nitrogen and oxygen atoms in total. The van der Waals surface area contributed by atoms with E-state index in [9.17, 15) is 4.79 Å². The average Bonchev–Trinajstić information content (AvgIpc) is 2.85. The summed E-state index contributed by atoms with van der Waals surface area (Å²) in [4.78, 5) is 19.9. The number of aryl methyl sites for hydroxylation is 1. The highest BCUT2D eigenvalue weighted by molar-refractivity contribution is 5.86. The van der Waals surface area contributed by atoms with E-state index < -0.39 is 6.09 Å². The number of aromatic nitrogens is 2. The minimum atomic E-state index is -0.545. The van der Waals surface area contributed by atoms with Gasteiger partial charge in [0.1, 0.15) is 6.61 Å². The van der Waals surface area contributed by atoms with Crippen molar-refractivity contribution in [1.82, 2.24) is 9.97 Å². The first-order valence-corrected chi connectivity index (χ1v) is 6.41. The number of rotatable bonds is 3. The summed E-state index contributed by atoms with van der Waals surface area (Å²) in [6, 6.07) is 11.1. The summed E-state index contributed by atoms with van der Waals surface area (Å²) in [6.07, 6.45) is 0.963. The first-order valence-electron chi connectivity index (χ1n) is 6.41. The Hall–Kier alpha value is -2.89. The van der Waals surface area contributed by atoms with E-state index in [0.29, 0.717) is 22.8 Å². The number of nitrogens with one attached hydrogen (secondary N) is 1. The summed E-state index contributed by atoms with van der Waals surface area (Å²) in [5.74, 6) is 0.529. The van der Waals surface area contributed by atoms with Crippen molar-refractivity contribution in [2.75, 3.05) is 5.32 Å². The molecule has 0 unspecified atom stereocenters.